The number of fused-ring (bicyclic) bond motifs is 1. The van der Waals surface area contributed by atoms with Crippen molar-refractivity contribution in [2.45, 2.75) is 25.3 Å². The summed E-state index contributed by atoms with van der Waals surface area (Å²) in [4.78, 5) is 16.8. The molecule has 1 aliphatic heterocycles. The van der Waals surface area contributed by atoms with Gasteiger partial charge in [0.15, 0.2) is 5.78 Å². The van der Waals surface area contributed by atoms with Crippen molar-refractivity contribution in [3.05, 3.63) is 42.1 Å². The number of rotatable bonds is 2. The van der Waals surface area contributed by atoms with Crippen LogP contribution in [0.25, 0.3) is 10.9 Å². The highest BCUT2D eigenvalue weighted by molar-refractivity contribution is 6.05. The van der Waals surface area contributed by atoms with Crippen LogP contribution in [0.5, 0.6) is 0 Å². The molecule has 3 rings (SSSR count). The molecule has 1 aromatic carbocycles. The van der Waals surface area contributed by atoms with Gasteiger partial charge in [-0.1, -0.05) is 18.2 Å². The Morgan fingerprint density at radius 2 is 2.28 bits per heavy atom. The minimum Gasteiger partial charge on any atom is -0.305 e. The highest BCUT2D eigenvalue weighted by Gasteiger charge is 2.36. The average Bonchev–Trinajstić information content (AvgIpc) is 2.85. The largest absolute Gasteiger partial charge is 0.305 e. The van der Waals surface area contributed by atoms with Crippen molar-refractivity contribution in [3.63, 3.8) is 0 Å². The molecule has 1 aromatic heterocycles. The monoisotopic (exact) mass is 240 g/mol. The molecule has 1 saturated heterocycles. The maximum absolute atomic E-state index is 12.5. The number of ketones is 1. The molecule has 1 aliphatic rings. The molecule has 0 saturated carbocycles. The van der Waals surface area contributed by atoms with Crippen LogP contribution in [-0.4, -0.2) is 22.9 Å². The third-order valence-corrected chi connectivity index (χ3v) is 3.74. The Balaban J connectivity index is 2.01. The first-order chi connectivity index (χ1) is 8.69. The maximum Gasteiger partial charge on any atom is 0.182 e. The van der Waals surface area contributed by atoms with Crippen LogP contribution in [0.4, 0.5) is 0 Å². The van der Waals surface area contributed by atoms with Crippen LogP contribution in [0, 0.1) is 0 Å². The minimum absolute atomic E-state index is 0.174. The van der Waals surface area contributed by atoms with E-state index in [2.05, 4.69) is 10.3 Å². The number of benzene rings is 1. The maximum atomic E-state index is 12.5. The van der Waals surface area contributed by atoms with Gasteiger partial charge in [0.25, 0.3) is 0 Å². The van der Waals surface area contributed by atoms with Gasteiger partial charge in [-0.05, 0) is 38.4 Å². The second-order valence-corrected chi connectivity index (χ2v) is 5.10. The highest BCUT2D eigenvalue weighted by Crippen LogP contribution is 2.24. The number of aromatic nitrogens is 1. The number of carbonyl (C=O) groups is 1. The van der Waals surface area contributed by atoms with E-state index < -0.39 is 5.54 Å². The Labute approximate surface area is 106 Å². The van der Waals surface area contributed by atoms with Crippen LogP contribution in [0.3, 0.4) is 0 Å². The van der Waals surface area contributed by atoms with Gasteiger partial charge in [-0.3, -0.25) is 9.78 Å². The van der Waals surface area contributed by atoms with Crippen molar-refractivity contribution in [2.24, 2.45) is 0 Å². The van der Waals surface area contributed by atoms with Gasteiger partial charge < -0.3 is 5.32 Å². The Hall–Kier alpha value is -1.74. The molecule has 1 fully saturated rings. The zero-order valence-corrected chi connectivity index (χ0v) is 10.4. The van der Waals surface area contributed by atoms with Crippen molar-refractivity contribution in [1.29, 1.82) is 0 Å². The first-order valence-corrected chi connectivity index (χ1v) is 6.34. The second kappa shape index (κ2) is 4.18. The second-order valence-electron chi connectivity index (χ2n) is 5.10. The Morgan fingerprint density at radius 3 is 3.06 bits per heavy atom. The molecule has 0 bridgehead atoms. The molecule has 2 heterocycles. The smallest absolute Gasteiger partial charge is 0.182 e. The molecule has 0 amide bonds. The summed E-state index contributed by atoms with van der Waals surface area (Å²) in [7, 11) is 0. The normalized spacial score (nSPS) is 23.4. The number of nitrogens with zero attached hydrogens (tertiary/aromatic N) is 1. The van der Waals surface area contributed by atoms with Gasteiger partial charge in [0.2, 0.25) is 0 Å². The van der Waals surface area contributed by atoms with Gasteiger partial charge >= 0.3 is 0 Å². The summed E-state index contributed by atoms with van der Waals surface area (Å²) < 4.78 is 0. The van der Waals surface area contributed by atoms with Crippen molar-refractivity contribution in [1.82, 2.24) is 10.3 Å². The fourth-order valence-corrected chi connectivity index (χ4v) is 2.61. The van der Waals surface area contributed by atoms with Gasteiger partial charge in [-0.15, -0.1) is 0 Å². The van der Waals surface area contributed by atoms with E-state index in [1.165, 1.54) is 0 Å². The third-order valence-electron chi connectivity index (χ3n) is 3.74. The zero-order valence-electron chi connectivity index (χ0n) is 10.4. The zero-order chi connectivity index (χ0) is 12.6. The predicted octanol–water partition coefficient (Wildman–Crippen LogP) is 2.56. The summed E-state index contributed by atoms with van der Waals surface area (Å²) in [6, 6.07) is 9.67. The van der Waals surface area contributed by atoms with E-state index in [1.54, 1.807) is 6.20 Å². The molecule has 3 nitrogen and oxygen atoms in total. The van der Waals surface area contributed by atoms with E-state index in [1.807, 2.05) is 37.3 Å². The number of Topliss-reactive ketones (excluding diaryl/α,β-unsaturated/α-hetero) is 1. The molecule has 0 radical (unpaired) electrons. The van der Waals surface area contributed by atoms with Crippen molar-refractivity contribution < 1.29 is 4.79 Å². The minimum atomic E-state index is -0.400. The van der Waals surface area contributed by atoms with Crippen LogP contribution in [-0.2, 0) is 0 Å². The summed E-state index contributed by atoms with van der Waals surface area (Å²) in [5, 5.41) is 4.38. The quantitative estimate of drug-likeness (QED) is 0.820. The van der Waals surface area contributed by atoms with Crippen LogP contribution in [0.15, 0.2) is 36.5 Å². The molecule has 0 aliphatic carbocycles. The predicted molar refractivity (Wildman–Crippen MR) is 71.7 cm³/mol. The third kappa shape index (κ3) is 1.81. The summed E-state index contributed by atoms with van der Waals surface area (Å²) in [6.45, 7) is 2.92. The molecule has 1 unspecified atom stereocenters. The number of hydrogen-bond donors (Lipinski definition) is 1. The fourth-order valence-electron chi connectivity index (χ4n) is 2.61. The van der Waals surface area contributed by atoms with Crippen LogP contribution in [0.2, 0.25) is 0 Å². The van der Waals surface area contributed by atoms with Gasteiger partial charge in [0.05, 0.1) is 11.1 Å². The first kappa shape index (κ1) is 11.4. The number of nitrogens with one attached hydrogen (secondary N) is 1. The van der Waals surface area contributed by atoms with Gasteiger partial charge in [0, 0.05) is 17.1 Å². The van der Waals surface area contributed by atoms with Gasteiger partial charge in [0.1, 0.15) is 0 Å². The van der Waals surface area contributed by atoms with Crippen molar-refractivity contribution >= 4 is 16.7 Å². The van der Waals surface area contributed by atoms with Crippen LogP contribution >= 0.6 is 0 Å². The summed E-state index contributed by atoms with van der Waals surface area (Å²) >= 11 is 0. The number of hydrogen-bond acceptors (Lipinski definition) is 3. The topological polar surface area (TPSA) is 42.0 Å². The molecule has 0 spiro atoms. The lowest BCUT2D eigenvalue weighted by Gasteiger charge is -2.22. The standard InChI is InChI=1S/C15H16N2O/c1-15(7-3-9-17-15)14(18)12-6-5-11-4-2-8-16-13(11)10-12/h2,4-6,8,10,17H,3,7,9H2,1H3. The summed E-state index contributed by atoms with van der Waals surface area (Å²) in [5.74, 6) is 0.174. The molecule has 92 valence electrons. The summed E-state index contributed by atoms with van der Waals surface area (Å²) in [6.07, 6.45) is 3.73. The van der Waals surface area contributed by atoms with Crippen molar-refractivity contribution in [2.75, 3.05) is 6.54 Å². The Kier molecular flexibility index (Phi) is 2.63. The molecule has 3 heteroatoms. The lowest BCUT2D eigenvalue weighted by atomic mass is 9.89. The van der Waals surface area contributed by atoms with Gasteiger partial charge in [-0.25, -0.2) is 0 Å². The lowest BCUT2D eigenvalue weighted by Crippen LogP contribution is -2.44. The summed E-state index contributed by atoms with van der Waals surface area (Å²) in [5.41, 5.74) is 1.23. The lowest BCUT2D eigenvalue weighted by molar-refractivity contribution is 0.0884. The Bertz CT molecular complexity index is 600. The molecule has 18 heavy (non-hydrogen) atoms. The van der Waals surface area contributed by atoms with E-state index in [0.717, 1.165) is 35.9 Å². The number of pyridine rings is 1. The van der Waals surface area contributed by atoms with Crippen LogP contribution in [0.1, 0.15) is 30.1 Å². The van der Waals surface area contributed by atoms with E-state index in [0.29, 0.717) is 0 Å². The van der Waals surface area contributed by atoms with E-state index >= 15 is 0 Å². The van der Waals surface area contributed by atoms with E-state index in [-0.39, 0.29) is 5.78 Å². The molecular weight excluding hydrogens is 224 g/mol. The van der Waals surface area contributed by atoms with Gasteiger partial charge in [-0.2, -0.15) is 0 Å². The van der Waals surface area contributed by atoms with E-state index in [4.69, 9.17) is 0 Å². The average molecular weight is 240 g/mol. The van der Waals surface area contributed by atoms with E-state index in [9.17, 15) is 4.79 Å². The van der Waals surface area contributed by atoms with Crippen molar-refractivity contribution in [3.8, 4) is 0 Å². The molecule has 2 aromatic rings. The number of carbonyl (C=O) groups excluding carboxylic acids is 1. The van der Waals surface area contributed by atoms with Crippen LogP contribution < -0.4 is 5.32 Å². The molecule has 1 atom stereocenters. The highest BCUT2D eigenvalue weighted by atomic mass is 16.1. The Morgan fingerprint density at radius 1 is 1.39 bits per heavy atom. The fraction of sp³-hybridized carbons (Fsp3) is 0.333. The SMILES string of the molecule is CC1(C(=O)c2ccc3cccnc3c2)CCCN1. The molecule has 1 N–H and O–H groups in total. The molecular formula is C15H16N2O. The first-order valence-electron chi connectivity index (χ1n) is 6.34.